The Kier molecular flexibility index (Phi) is 6.20. The van der Waals surface area contributed by atoms with Gasteiger partial charge in [-0.1, -0.05) is 6.07 Å². The van der Waals surface area contributed by atoms with Crippen molar-refractivity contribution in [3.05, 3.63) is 54.3 Å². The lowest BCUT2D eigenvalue weighted by Gasteiger charge is -2.28. The Morgan fingerprint density at radius 1 is 1.23 bits per heavy atom. The van der Waals surface area contributed by atoms with Crippen LogP contribution >= 0.6 is 0 Å². The molecule has 0 aliphatic carbocycles. The van der Waals surface area contributed by atoms with Crippen molar-refractivity contribution in [2.45, 2.75) is 19.9 Å². The molecule has 0 saturated heterocycles. The van der Waals surface area contributed by atoms with Gasteiger partial charge in [0.05, 0.1) is 18.6 Å². The van der Waals surface area contributed by atoms with Crippen LogP contribution in [0.1, 0.15) is 13.8 Å². The minimum absolute atomic E-state index is 0.252. The molecule has 2 aromatic carbocycles. The predicted octanol–water partition coefficient (Wildman–Crippen LogP) is 3.02. The number of amides is 1. The highest BCUT2D eigenvalue weighted by atomic mass is 32.2. The summed E-state index contributed by atoms with van der Waals surface area (Å²) in [6, 6.07) is 10.8. The first-order valence-corrected chi connectivity index (χ1v) is 9.86. The van der Waals surface area contributed by atoms with Gasteiger partial charge in [0.1, 0.15) is 17.6 Å². The molecule has 0 radical (unpaired) electrons. The van der Waals surface area contributed by atoms with Crippen LogP contribution in [0, 0.1) is 5.82 Å². The molecule has 1 amide bonds. The van der Waals surface area contributed by atoms with Crippen molar-refractivity contribution in [1.29, 1.82) is 0 Å². The normalized spacial score (nSPS) is 12.3. The summed E-state index contributed by atoms with van der Waals surface area (Å²) in [6.45, 7) is 3.79. The second-order valence-corrected chi connectivity index (χ2v) is 7.52. The highest BCUT2D eigenvalue weighted by molar-refractivity contribution is 7.92. The maximum atomic E-state index is 13.3. The van der Waals surface area contributed by atoms with E-state index < -0.39 is 27.8 Å². The fourth-order valence-electron chi connectivity index (χ4n) is 2.48. The molecule has 0 bridgehead atoms. The van der Waals surface area contributed by atoms with Gasteiger partial charge in [-0.3, -0.25) is 9.10 Å². The molecule has 6 nitrogen and oxygen atoms in total. The van der Waals surface area contributed by atoms with Crippen LogP contribution in [-0.4, -0.2) is 33.2 Å². The van der Waals surface area contributed by atoms with E-state index in [0.29, 0.717) is 18.0 Å². The molecule has 0 unspecified atom stereocenters. The van der Waals surface area contributed by atoms with Crippen molar-refractivity contribution in [2.24, 2.45) is 0 Å². The Labute approximate surface area is 152 Å². The molecule has 1 atom stereocenters. The van der Waals surface area contributed by atoms with E-state index >= 15 is 0 Å². The zero-order valence-corrected chi connectivity index (χ0v) is 15.6. The number of hydrogen-bond acceptors (Lipinski definition) is 4. The molecule has 2 rings (SSSR count). The van der Waals surface area contributed by atoms with Crippen LogP contribution in [0.15, 0.2) is 48.5 Å². The number of carbonyl (C=O) groups is 1. The molecule has 0 aliphatic rings. The molecule has 140 valence electrons. The van der Waals surface area contributed by atoms with Gasteiger partial charge in [0.25, 0.3) is 0 Å². The number of nitrogens with zero attached hydrogens (tertiary/aromatic N) is 1. The molecule has 0 spiro atoms. The van der Waals surface area contributed by atoms with Crippen molar-refractivity contribution in [3.63, 3.8) is 0 Å². The van der Waals surface area contributed by atoms with Crippen molar-refractivity contribution in [1.82, 2.24) is 0 Å². The van der Waals surface area contributed by atoms with E-state index in [1.54, 1.807) is 24.3 Å². The molecule has 0 aliphatic heterocycles. The summed E-state index contributed by atoms with van der Waals surface area (Å²) in [5, 5.41) is 2.53. The fourth-order valence-corrected chi connectivity index (χ4v) is 3.65. The molecular weight excluding hydrogens is 359 g/mol. The van der Waals surface area contributed by atoms with E-state index in [1.807, 2.05) is 6.92 Å². The summed E-state index contributed by atoms with van der Waals surface area (Å²) >= 11 is 0. The van der Waals surface area contributed by atoms with Gasteiger partial charge in [-0.05, 0) is 56.3 Å². The van der Waals surface area contributed by atoms with E-state index in [4.69, 9.17) is 4.74 Å². The lowest BCUT2D eigenvalue weighted by atomic mass is 10.2. The summed E-state index contributed by atoms with van der Waals surface area (Å²) in [5.74, 6) is -0.474. The largest absolute Gasteiger partial charge is 0.494 e. The van der Waals surface area contributed by atoms with Crippen LogP contribution in [0.4, 0.5) is 15.8 Å². The number of hydrogen-bond donors (Lipinski definition) is 1. The van der Waals surface area contributed by atoms with Gasteiger partial charge in [0.2, 0.25) is 15.9 Å². The minimum atomic E-state index is -3.73. The van der Waals surface area contributed by atoms with Crippen molar-refractivity contribution < 1.29 is 22.3 Å². The number of ether oxygens (including phenoxy) is 1. The summed E-state index contributed by atoms with van der Waals surface area (Å²) < 4.78 is 44.1. The van der Waals surface area contributed by atoms with Crippen molar-refractivity contribution in [3.8, 4) is 5.75 Å². The second kappa shape index (κ2) is 8.18. The van der Waals surface area contributed by atoms with Gasteiger partial charge in [0, 0.05) is 5.69 Å². The van der Waals surface area contributed by atoms with Gasteiger partial charge < -0.3 is 10.1 Å². The SMILES string of the molecule is CCOc1ccc(N([C@H](C)C(=O)Nc2cccc(F)c2)S(C)(=O)=O)cc1. The number of carbonyl (C=O) groups excluding carboxylic acids is 1. The van der Waals surface area contributed by atoms with E-state index in [-0.39, 0.29) is 5.69 Å². The van der Waals surface area contributed by atoms with E-state index in [9.17, 15) is 17.6 Å². The average molecular weight is 380 g/mol. The number of sulfonamides is 1. The van der Waals surface area contributed by atoms with Crippen LogP contribution < -0.4 is 14.4 Å². The number of nitrogens with one attached hydrogen (secondary N) is 1. The standard InChI is InChI=1S/C18H21FN2O4S/c1-4-25-17-10-8-16(9-11-17)21(26(3,23)24)13(2)18(22)20-15-7-5-6-14(19)12-15/h5-13H,4H2,1-3H3,(H,20,22)/t13-/m1/s1. The Morgan fingerprint density at radius 2 is 1.88 bits per heavy atom. The summed E-state index contributed by atoms with van der Waals surface area (Å²) in [4.78, 5) is 12.5. The first-order chi connectivity index (χ1) is 12.2. The lowest BCUT2D eigenvalue weighted by Crippen LogP contribution is -2.45. The van der Waals surface area contributed by atoms with Gasteiger partial charge >= 0.3 is 0 Å². The van der Waals surface area contributed by atoms with Gasteiger partial charge in [-0.2, -0.15) is 0 Å². The Morgan fingerprint density at radius 3 is 2.42 bits per heavy atom. The van der Waals surface area contributed by atoms with Crippen molar-refractivity contribution >= 4 is 27.3 Å². The van der Waals surface area contributed by atoms with Gasteiger partial charge in [-0.25, -0.2) is 12.8 Å². The lowest BCUT2D eigenvalue weighted by molar-refractivity contribution is -0.116. The van der Waals surface area contributed by atoms with E-state index in [2.05, 4.69) is 5.32 Å². The quantitative estimate of drug-likeness (QED) is 0.801. The maximum absolute atomic E-state index is 13.3. The molecule has 1 N–H and O–H groups in total. The van der Waals surface area contributed by atoms with Crippen molar-refractivity contribution in [2.75, 3.05) is 22.5 Å². The smallest absolute Gasteiger partial charge is 0.247 e. The van der Waals surface area contributed by atoms with Gasteiger partial charge in [0.15, 0.2) is 0 Å². The molecule has 2 aromatic rings. The van der Waals surface area contributed by atoms with Crippen LogP contribution in [0.5, 0.6) is 5.75 Å². The molecule has 8 heteroatoms. The van der Waals surface area contributed by atoms with E-state index in [1.165, 1.54) is 25.1 Å². The minimum Gasteiger partial charge on any atom is -0.494 e. The number of halogens is 1. The third-order valence-corrected chi connectivity index (χ3v) is 4.82. The molecule has 0 heterocycles. The first kappa shape index (κ1) is 19.7. The fraction of sp³-hybridized carbons (Fsp3) is 0.278. The van der Waals surface area contributed by atoms with Gasteiger partial charge in [-0.15, -0.1) is 0 Å². The predicted molar refractivity (Wildman–Crippen MR) is 99.4 cm³/mol. The maximum Gasteiger partial charge on any atom is 0.247 e. The Bertz CT molecular complexity index is 869. The molecule has 0 fully saturated rings. The zero-order chi connectivity index (χ0) is 19.3. The Balaban J connectivity index is 2.27. The topological polar surface area (TPSA) is 75.7 Å². The third kappa shape index (κ3) is 4.95. The van der Waals surface area contributed by atoms with Crippen LogP contribution in [-0.2, 0) is 14.8 Å². The number of benzene rings is 2. The van der Waals surface area contributed by atoms with Crippen LogP contribution in [0.3, 0.4) is 0 Å². The first-order valence-electron chi connectivity index (χ1n) is 8.01. The average Bonchev–Trinajstić information content (AvgIpc) is 2.55. The summed E-state index contributed by atoms with van der Waals surface area (Å²) in [6.07, 6.45) is 1.02. The number of rotatable bonds is 7. The molecule has 0 aromatic heterocycles. The second-order valence-electron chi connectivity index (χ2n) is 5.66. The third-order valence-electron chi connectivity index (χ3n) is 3.58. The van der Waals surface area contributed by atoms with E-state index in [0.717, 1.165) is 16.6 Å². The van der Waals surface area contributed by atoms with Crippen LogP contribution in [0.25, 0.3) is 0 Å². The summed E-state index contributed by atoms with van der Waals surface area (Å²) in [7, 11) is -3.73. The highest BCUT2D eigenvalue weighted by Crippen LogP contribution is 2.24. The van der Waals surface area contributed by atoms with Crippen LogP contribution in [0.2, 0.25) is 0 Å². The number of anilines is 2. The monoisotopic (exact) mass is 380 g/mol. The molecule has 26 heavy (non-hydrogen) atoms. The Hall–Kier alpha value is -2.61. The highest BCUT2D eigenvalue weighted by Gasteiger charge is 2.29. The molecule has 0 saturated carbocycles. The zero-order valence-electron chi connectivity index (χ0n) is 14.8. The molecular formula is C18H21FN2O4S. The summed E-state index contributed by atoms with van der Waals surface area (Å²) in [5.41, 5.74) is 0.583.